The summed E-state index contributed by atoms with van der Waals surface area (Å²) >= 11 is 5.41. The summed E-state index contributed by atoms with van der Waals surface area (Å²) in [7, 11) is -3.21. The number of rotatable bonds is 7. The van der Waals surface area contributed by atoms with Crippen molar-refractivity contribution >= 4 is 21.6 Å². The number of alkyl halides is 1. The monoisotopic (exact) mass is 237 g/mol. The molecule has 0 aromatic rings. The molecule has 1 N–H and O–H groups in total. The molecule has 0 aliphatic carbocycles. The Morgan fingerprint density at radius 1 is 1.57 bits per heavy atom. The predicted octanol–water partition coefficient (Wildman–Crippen LogP) is 1.34. The summed E-state index contributed by atoms with van der Waals surface area (Å²) in [5.74, 6) is 2.87. The molecule has 0 aromatic carbocycles. The Bertz CT molecular complexity index is 282. The summed E-state index contributed by atoms with van der Waals surface area (Å²) < 4.78 is 25.3. The number of nitrogens with one attached hydrogen (secondary N) is 1. The first-order valence-corrected chi connectivity index (χ1v) is 6.73. The van der Waals surface area contributed by atoms with E-state index in [1.54, 1.807) is 0 Å². The number of hydrogen-bond donors (Lipinski definition) is 1. The van der Waals surface area contributed by atoms with E-state index in [0.717, 1.165) is 0 Å². The zero-order valence-electron chi connectivity index (χ0n) is 8.29. The normalized spacial score (nSPS) is 13.5. The Morgan fingerprint density at radius 3 is 2.64 bits per heavy atom. The zero-order chi connectivity index (χ0) is 11.0. The number of halogens is 1. The second-order valence-electron chi connectivity index (χ2n) is 2.99. The molecule has 0 aliphatic rings. The first-order valence-electron chi connectivity index (χ1n) is 4.55. The van der Waals surface area contributed by atoms with Gasteiger partial charge in [-0.25, -0.2) is 13.1 Å². The highest BCUT2D eigenvalue weighted by Gasteiger charge is 2.14. The van der Waals surface area contributed by atoms with Gasteiger partial charge in [0, 0.05) is 18.3 Å². The van der Waals surface area contributed by atoms with Crippen LogP contribution in [-0.2, 0) is 10.0 Å². The van der Waals surface area contributed by atoms with Crippen LogP contribution in [0.15, 0.2) is 0 Å². The molecule has 3 nitrogen and oxygen atoms in total. The smallest absolute Gasteiger partial charge is 0.211 e. The van der Waals surface area contributed by atoms with Crippen LogP contribution in [0.25, 0.3) is 0 Å². The van der Waals surface area contributed by atoms with Gasteiger partial charge in [-0.3, -0.25) is 0 Å². The van der Waals surface area contributed by atoms with Gasteiger partial charge in [-0.2, -0.15) is 0 Å². The zero-order valence-corrected chi connectivity index (χ0v) is 9.87. The average Bonchev–Trinajstić information content (AvgIpc) is 2.14. The Kier molecular flexibility index (Phi) is 6.98. The van der Waals surface area contributed by atoms with Crippen molar-refractivity contribution in [2.24, 2.45) is 0 Å². The number of terminal acetylenes is 1. The minimum Gasteiger partial charge on any atom is -0.212 e. The van der Waals surface area contributed by atoms with Crippen molar-refractivity contribution in [3.63, 3.8) is 0 Å². The lowest BCUT2D eigenvalue weighted by Gasteiger charge is -2.13. The number of hydrogen-bond acceptors (Lipinski definition) is 2. The van der Waals surface area contributed by atoms with Gasteiger partial charge in [0.05, 0.1) is 5.75 Å². The van der Waals surface area contributed by atoms with Crippen LogP contribution in [0, 0.1) is 12.3 Å². The molecule has 0 aromatic heterocycles. The Labute approximate surface area is 91.3 Å². The average molecular weight is 238 g/mol. The van der Waals surface area contributed by atoms with Gasteiger partial charge in [0.25, 0.3) is 0 Å². The third kappa shape index (κ3) is 6.25. The Balaban J connectivity index is 4.12. The van der Waals surface area contributed by atoms with E-state index in [2.05, 4.69) is 10.6 Å². The molecule has 0 amide bonds. The van der Waals surface area contributed by atoms with E-state index in [-0.39, 0.29) is 11.8 Å². The lowest BCUT2D eigenvalue weighted by molar-refractivity contribution is 0.543. The second kappa shape index (κ2) is 7.10. The van der Waals surface area contributed by atoms with Crippen molar-refractivity contribution in [3.05, 3.63) is 0 Å². The van der Waals surface area contributed by atoms with Gasteiger partial charge in [-0.15, -0.1) is 23.9 Å². The third-order valence-electron chi connectivity index (χ3n) is 1.75. The standard InChI is InChI=1S/C9H16ClNO2S/c1-3-6-9(4-2)11-14(12,13)8-5-7-10/h1,9,11H,4-8H2,2H3. The minimum atomic E-state index is -3.21. The van der Waals surface area contributed by atoms with Crippen molar-refractivity contribution in [1.82, 2.24) is 4.72 Å². The maximum atomic E-state index is 11.4. The summed E-state index contributed by atoms with van der Waals surface area (Å²) in [4.78, 5) is 0. The molecule has 0 saturated heterocycles. The summed E-state index contributed by atoms with van der Waals surface area (Å²) in [6.07, 6.45) is 6.71. The van der Waals surface area contributed by atoms with Crippen LogP contribution >= 0.6 is 11.6 Å². The molecule has 0 rings (SSSR count). The van der Waals surface area contributed by atoms with E-state index in [9.17, 15) is 8.42 Å². The Hall–Kier alpha value is -0.240. The van der Waals surface area contributed by atoms with Gasteiger partial charge in [-0.05, 0) is 12.8 Å². The van der Waals surface area contributed by atoms with E-state index >= 15 is 0 Å². The highest BCUT2D eigenvalue weighted by Crippen LogP contribution is 2.00. The maximum absolute atomic E-state index is 11.4. The van der Waals surface area contributed by atoms with Crippen molar-refractivity contribution in [2.75, 3.05) is 11.6 Å². The predicted molar refractivity (Wildman–Crippen MR) is 59.8 cm³/mol. The molecule has 0 radical (unpaired) electrons. The van der Waals surface area contributed by atoms with E-state index in [0.29, 0.717) is 25.1 Å². The lowest BCUT2D eigenvalue weighted by atomic mass is 10.2. The summed E-state index contributed by atoms with van der Waals surface area (Å²) in [6, 6.07) is -0.152. The molecular formula is C9H16ClNO2S. The van der Waals surface area contributed by atoms with Crippen LogP contribution in [0.1, 0.15) is 26.2 Å². The quantitative estimate of drug-likeness (QED) is 0.537. The van der Waals surface area contributed by atoms with Crippen LogP contribution in [-0.4, -0.2) is 26.1 Å². The second-order valence-corrected chi connectivity index (χ2v) is 5.24. The Morgan fingerprint density at radius 2 is 2.21 bits per heavy atom. The maximum Gasteiger partial charge on any atom is 0.211 e. The molecule has 0 heterocycles. The summed E-state index contributed by atoms with van der Waals surface area (Å²) in [6.45, 7) is 1.89. The van der Waals surface area contributed by atoms with E-state index in [4.69, 9.17) is 18.0 Å². The highest BCUT2D eigenvalue weighted by molar-refractivity contribution is 7.89. The van der Waals surface area contributed by atoms with E-state index in [1.807, 2.05) is 6.92 Å². The lowest BCUT2D eigenvalue weighted by Crippen LogP contribution is -2.35. The van der Waals surface area contributed by atoms with Crippen molar-refractivity contribution in [2.45, 2.75) is 32.2 Å². The fourth-order valence-corrected chi connectivity index (χ4v) is 2.66. The third-order valence-corrected chi connectivity index (χ3v) is 3.54. The van der Waals surface area contributed by atoms with Crippen LogP contribution in [0.2, 0.25) is 0 Å². The van der Waals surface area contributed by atoms with Gasteiger partial charge in [-0.1, -0.05) is 6.92 Å². The molecule has 0 spiro atoms. The van der Waals surface area contributed by atoms with Crippen LogP contribution in [0.5, 0.6) is 0 Å². The molecule has 0 saturated carbocycles. The first kappa shape index (κ1) is 13.8. The molecular weight excluding hydrogens is 222 g/mol. The fourth-order valence-electron chi connectivity index (χ4n) is 0.969. The topological polar surface area (TPSA) is 46.2 Å². The largest absolute Gasteiger partial charge is 0.212 e. The molecule has 5 heteroatoms. The molecule has 1 unspecified atom stereocenters. The molecule has 0 fully saturated rings. The van der Waals surface area contributed by atoms with Crippen LogP contribution in [0.4, 0.5) is 0 Å². The number of sulfonamides is 1. The minimum absolute atomic E-state index is 0.0670. The van der Waals surface area contributed by atoms with Gasteiger partial charge >= 0.3 is 0 Å². The molecule has 0 bridgehead atoms. The van der Waals surface area contributed by atoms with Gasteiger partial charge in [0.15, 0.2) is 0 Å². The van der Waals surface area contributed by atoms with E-state index < -0.39 is 10.0 Å². The summed E-state index contributed by atoms with van der Waals surface area (Å²) in [5, 5.41) is 0. The summed E-state index contributed by atoms with van der Waals surface area (Å²) in [5.41, 5.74) is 0. The van der Waals surface area contributed by atoms with Gasteiger partial charge in [0.2, 0.25) is 10.0 Å². The fraction of sp³-hybridized carbons (Fsp3) is 0.778. The molecule has 14 heavy (non-hydrogen) atoms. The van der Waals surface area contributed by atoms with Crippen LogP contribution < -0.4 is 4.72 Å². The molecule has 0 aliphatic heterocycles. The van der Waals surface area contributed by atoms with Crippen LogP contribution in [0.3, 0.4) is 0 Å². The molecule has 82 valence electrons. The highest BCUT2D eigenvalue weighted by atomic mass is 35.5. The SMILES string of the molecule is C#CCC(CC)NS(=O)(=O)CCCCl. The van der Waals surface area contributed by atoms with Gasteiger partial charge in [0.1, 0.15) is 0 Å². The van der Waals surface area contributed by atoms with Crippen molar-refractivity contribution in [1.29, 1.82) is 0 Å². The van der Waals surface area contributed by atoms with Crippen molar-refractivity contribution < 1.29 is 8.42 Å². The van der Waals surface area contributed by atoms with E-state index in [1.165, 1.54) is 0 Å². The first-order chi connectivity index (χ1) is 6.55. The molecule has 1 atom stereocenters. The van der Waals surface area contributed by atoms with Gasteiger partial charge < -0.3 is 0 Å². The van der Waals surface area contributed by atoms with Crippen molar-refractivity contribution in [3.8, 4) is 12.3 Å².